The molecule has 1 aromatic carbocycles. The van der Waals surface area contributed by atoms with Crippen LogP contribution in [-0.4, -0.2) is 17.0 Å². The summed E-state index contributed by atoms with van der Waals surface area (Å²) in [5.41, 5.74) is 1.08. The van der Waals surface area contributed by atoms with Gasteiger partial charge in [-0.15, -0.1) is 0 Å². The molecule has 1 heterocycles. The summed E-state index contributed by atoms with van der Waals surface area (Å²) in [6, 6.07) is 6.58. The molecule has 98 valence electrons. The highest BCUT2D eigenvalue weighted by Crippen LogP contribution is 2.25. The van der Waals surface area contributed by atoms with Crippen molar-refractivity contribution < 1.29 is 4.39 Å². The van der Waals surface area contributed by atoms with Crippen molar-refractivity contribution in [2.24, 2.45) is 10.9 Å². The number of amidine groups is 1. The normalized spacial score (nSPS) is 19.1. The van der Waals surface area contributed by atoms with Crippen LogP contribution in [0.2, 0.25) is 0 Å². The lowest BCUT2D eigenvalue weighted by molar-refractivity contribution is 0.575. The van der Waals surface area contributed by atoms with E-state index in [-0.39, 0.29) is 5.82 Å². The lowest BCUT2D eigenvalue weighted by Crippen LogP contribution is -2.19. The van der Waals surface area contributed by atoms with E-state index >= 15 is 0 Å². The van der Waals surface area contributed by atoms with Crippen LogP contribution in [0.4, 0.5) is 4.39 Å². The second-order valence-electron chi connectivity index (χ2n) is 5.00. The van der Waals surface area contributed by atoms with E-state index in [1.165, 1.54) is 18.6 Å². The minimum absolute atomic E-state index is 0.191. The average molecular weight is 266 g/mol. The van der Waals surface area contributed by atoms with Crippen molar-refractivity contribution in [2.75, 3.05) is 6.54 Å². The number of nitrogens with one attached hydrogen (secondary N) is 1. The van der Waals surface area contributed by atoms with Gasteiger partial charge in [0.2, 0.25) is 0 Å². The number of thioether (sulfide) groups is 1. The summed E-state index contributed by atoms with van der Waals surface area (Å²) < 4.78 is 12.8. The quantitative estimate of drug-likeness (QED) is 0.903. The molecule has 0 aliphatic carbocycles. The summed E-state index contributed by atoms with van der Waals surface area (Å²) in [5.74, 6) is 0.525. The van der Waals surface area contributed by atoms with Crippen LogP contribution in [0.1, 0.15) is 25.8 Å². The monoisotopic (exact) mass is 266 g/mol. The Bertz CT molecular complexity index is 414. The van der Waals surface area contributed by atoms with Crippen LogP contribution < -0.4 is 5.32 Å². The summed E-state index contributed by atoms with van der Waals surface area (Å²) in [7, 11) is 0. The van der Waals surface area contributed by atoms with E-state index < -0.39 is 0 Å². The number of hydrogen-bond acceptors (Lipinski definition) is 3. The van der Waals surface area contributed by atoms with Crippen molar-refractivity contribution in [2.45, 2.75) is 32.1 Å². The Morgan fingerprint density at radius 2 is 2.11 bits per heavy atom. The predicted octanol–water partition coefficient (Wildman–Crippen LogP) is 3.43. The summed E-state index contributed by atoms with van der Waals surface area (Å²) in [5, 5.41) is 4.94. The second kappa shape index (κ2) is 6.23. The fourth-order valence-electron chi connectivity index (χ4n) is 1.94. The SMILES string of the molecule is CC(C)CC1CN=C(NCc2ccc(F)cc2)S1. The first-order valence-electron chi connectivity index (χ1n) is 6.33. The first kappa shape index (κ1) is 13.4. The Kier molecular flexibility index (Phi) is 4.64. The largest absolute Gasteiger partial charge is 0.361 e. The van der Waals surface area contributed by atoms with Gasteiger partial charge >= 0.3 is 0 Å². The zero-order valence-electron chi connectivity index (χ0n) is 10.8. The molecule has 2 nitrogen and oxygen atoms in total. The van der Waals surface area contributed by atoms with E-state index in [0.29, 0.717) is 17.7 Å². The molecule has 1 aliphatic rings. The maximum absolute atomic E-state index is 12.8. The molecular formula is C14H19FN2S. The number of hydrogen-bond donors (Lipinski definition) is 1. The molecule has 1 unspecified atom stereocenters. The van der Waals surface area contributed by atoms with Crippen LogP contribution >= 0.6 is 11.8 Å². The first-order chi connectivity index (χ1) is 8.63. The zero-order valence-corrected chi connectivity index (χ0v) is 11.6. The number of rotatable bonds is 4. The van der Waals surface area contributed by atoms with Gasteiger partial charge in [0, 0.05) is 11.8 Å². The number of halogens is 1. The van der Waals surface area contributed by atoms with Crippen molar-refractivity contribution in [3.05, 3.63) is 35.6 Å². The molecule has 4 heteroatoms. The summed E-state index contributed by atoms with van der Waals surface area (Å²) in [6.45, 7) is 6.10. The van der Waals surface area contributed by atoms with E-state index in [1.807, 2.05) is 11.8 Å². The van der Waals surface area contributed by atoms with Crippen LogP contribution in [0.25, 0.3) is 0 Å². The fraction of sp³-hybridized carbons (Fsp3) is 0.500. The maximum atomic E-state index is 12.8. The molecule has 1 N–H and O–H groups in total. The van der Waals surface area contributed by atoms with Gasteiger partial charge in [-0.1, -0.05) is 37.7 Å². The average Bonchev–Trinajstić information content (AvgIpc) is 2.75. The summed E-state index contributed by atoms with van der Waals surface area (Å²) in [4.78, 5) is 4.50. The molecule has 0 fully saturated rings. The van der Waals surface area contributed by atoms with Gasteiger partial charge in [0.1, 0.15) is 5.82 Å². The third kappa shape index (κ3) is 4.02. The van der Waals surface area contributed by atoms with Crippen molar-refractivity contribution in [3.63, 3.8) is 0 Å². The lowest BCUT2D eigenvalue weighted by atomic mass is 10.1. The number of aliphatic imine (C=N–C) groups is 1. The molecule has 0 saturated carbocycles. The smallest absolute Gasteiger partial charge is 0.157 e. The topological polar surface area (TPSA) is 24.4 Å². The summed E-state index contributed by atoms with van der Waals surface area (Å²) in [6.07, 6.45) is 1.20. The van der Waals surface area contributed by atoms with Crippen LogP contribution in [0, 0.1) is 11.7 Å². The molecule has 1 atom stereocenters. The van der Waals surface area contributed by atoms with Crippen molar-refractivity contribution >= 4 is 16.9 Å². The van der Waals surface area contributed by atoms with Gasteiger partial charge in [0.05, 0.1) is 6.54 Å². The molecule has 1 aliphatic heterocycles. The van der Waals surface area contributed by atoms with E-state index in [1.54, 1.807) is 12.1 Å². The lowest BCUT2D eigenvalue weighted by Gasteiger charge is -2.11. The molecule has 2 rings (SSSR count). The van der Waals surface area contributed by atoms with Gasteiger partial charge in [-0.2, -0.15) is 0 Å². The molecule has 18 heavy (non-hydrogen) atoms. The fourth-order valence-corrected chi connectivity index (χ4v) is 3.19. The molecule has 0 saturated heterocycles. The van der Waals surface area contributed by atoms with Gasteiger partial charge < -0.3 is 5.32 Å². The molecule has 1 aromatic rings. The van der Waals surface area contributed by atoms with Crippen LogP contribution in [0.5, 0.6) is 0 Å². The highest BCUT2D eigenvalue weighted by atomic mass is 32.2. The third-order valence-electron chi connectivity index (χ3n) is 2.81. The summed E-state index contributed by atoms with van der Waals surface area (Å²) >= 11 is 1.83. The second-order valence-corrected chi connectivity index (χ2v) is 6.28. The maximum Gasteiger partial charge on any atom is 0.157 e. The Hall–Kier alpha value is -1.03. The van der Waals surface area contributed by atoms with Gasteiger partial charge in [-0.25, -0.2) is 4.39 Å². The van der Waals surface area contributed by atoms with Crippen LogP contribution in [-0.2, 0) is 6.54 Å². The predicted molar refractivity (Wildman–Crippen MR) is 76.4 cm³/mol. The Morgan fingerprint density at radius 3 is 2.78 bits per heavy atom. The van der Waals surface area contributed by atoms with Gasteiger partial charge in [0.15, 0.2) is 5.17 Å². The molecule has 0 radical (unpaired) electrons. The van der Waals surface area contributed by atoms with E-state index in [9.17, 15) is 4.39 Å². The minimum Gasteiger partial charge on any atom is -0.361 e. The molecule has 0 bridgehead atoms. The van der Waals surface area contributed by atoms with E-state index in [0.717, 1.165) is 17.3 Å². The Balaban J connectivity index is 1.76. The molecular weight excluding hydrogens is 247 g/mol. The standard InChI is InChI=1S/C14H19FN2S/c1-10(2)7-13-9-17-14(18-13)16-8-11-3-5-12(15)6-4-11/h3-6,10,13H,7-9H2,1-2H3,(H,16,17). The first-order valence-corrected chi connectivity index (χ1v) is 7.21. The molecule has 0 amide bonds. The van der Waals surface area contributed by atoms with Crippen molar-refractivity contribution in [3.8, 4) is 0 Å². The van der Waals surface area contributed by atoms with Crippen LogP contribution in [0.3, 0.4) is 0 Å². The van der Waals surface area contributed by atoms with Gasteiger partial charge in [0.25, 0.3) is 0 Å². The van der Waals surface area contributed by atoms with Crippen molar-refractivity contribution in [1.82, 2.24) is 5.32 Å². The van der Waals surface area contributed by atoms with Gasteiger partial charge in [-0.05, 0) is 30.0 Å². The van der Waals surface area contributed by atoms with E-state index in [2.05, 4.69) is 24.2 Å². The Labute approximate surface area is 112 Å². The van der Waals surface area contributed by atoms with E-state index in [4.69, 9.17) is 0 Å². The van der Waals surface area contributed by atoms with Crippen molar-refractivity contribution in [1.29, 1.82) is 0 Å². The Morgan fingerprint density at radius 1 is 1.39 bits per heavy atom. The highest BCUT2D eigenvalue weighted by Gasteiger charge is 2.20. The van der Waals surface area contributed by atoms with Gasteiger partial charge in [-0.3, -0.25) is 4.99 Å². The molecule has 0 spiro atoms. The molecule has 0 aromatic heterocycles. The zero-order chi connectivity index (χ0) is 13.0. The number of nitrogens with zero attached hydrogens (tertiary/aromatic N) is 1. The highest BCUT2D eigenvalue weighted by molar-refractivity contribution is 8.14. The minimum atomic E-state index is -0.191. The third-order valence-corrected chi connectivity index (χ3v) is 3.98. The number of benzene rings is 1. The van der Waals surface area contributed by atoms with Crippen LogP contribution in [0.15, 0.2) is 29.3 Å².